The summed E-state index contributed by atoms with van der Waals surface area (Å²) >= 11 is 0. The van der Waals surface area contributed by atoms with Crippen molar-refractivity contribution in [1.29, 1.82) is 0 Å². The van der Waals surface area contributed by atoms with Crippen LogP contribution in [0, 0.1) is 0 Å². The van der Waals surface area contributed by atoms with Crippen LogP contribution in [0.3, 0.4) is 0 Å². The average molecular weight is 252 g/mol. The van der Waals surface area contributed by atoms with Crippen molar-refractivity contribution >= 4 is 5.97 Å². The molecule has 2 heteroatoms. The first-order valence-corrected chi connectivity index (χ1v) is 7.70. The molecule has 1 heterocycles. The Kier molecular flexibility index (Phi) is 9.59. The minimum Gasteiger partial charge on any atom is -0.466 e. The zero-order chi connectivity index (χ0) is 12.9. The Balaban J connectivity index is 2.17. The van der Waals surface area contributed by atoms with Crippen LogP contribution >= 0.6 is 0 Å². The summed E-state index contributed by atoms with van der Waals surface area (Å²) in [5.74, 6) is -0.000729. The number of hydrogen-bond donors (Lipinski definition) is 0. The molecule has 1 aliphatic heterocycles. The van der Waals surface area contributed by atoms with Crippen LogP contribution in [0.4, 0.5) is 0 Å². The topological polar surface area (TPSA) is 26.3 Å². The number of esters is 1. The lowest BCUT2D eigenvalue weighted by Crippen LogP contribution is -2.05. The van der Waals surface area contributed by atoms with E-state index in [9.17, 15) is 4.79 Å². The maximum atomic E-state index is 11.4. The van der Waals surface area contributed by atoms with E-state index < -0.39 is 0 Å². The van der Waals surface area contributed by atoms with Gasteiger partial charge in [-0.15, -0.1) is 0 Å². The zero-order valence-corrected chi connectivity index (χ0v) is 11.7. The smallest absolute Gasteiger partial charge is 0.305 e. The van der Waals surface area contributed by atoms with Gasteiger partial charge in [-0.2, -0.15) is 0 Å². The van der Waals surface area contributed by atoms with Gasteiger partial charge in [0.15, 0.2) is 0 Å². The lowest BCUT2D eigenvalue weighted by molar-refractivity contribution is -0.143. The van der Waals surface area contributed by atoms with E-state index in [0.29, 0.717) is 13.0 Å². The van der Waals surface area contributed by atoms with E-state index in [1.54, 1.807) is 0 Å². The van der Waals surface area contributed by atoms with Crippen LogP contribution in [-0.4, -0.2) is 12.6 Å². The first-order chi connectivity index (χ1) is 8.89. The summed E-state index contributed by atoms with van der Waals surface area (Å²) in [5.41, 5.74) is 0. The van der Waals surface area contributed by atoms with Gasteiger partial charge in [-0.25, -0.2) is 0 Å². The number of carbonyl (C=O) groups excluding carboxylic acids is 1. The van der Waals surface area contributed by atoms with Crippen molar-refractivity contribution in [3.8, 4) is 0 Å². The Hall–Kier alpha value is -0.790. The number of allylic oxidation sites excluding steroid dienone is 2. The van der Waals surface area contributed by atoms with Crippen molar-refractivity contribution in [3.05, 3.63) is 12.2 Å². The minimum absolute atomic E-state index is 0.000729. The van der Waals surface area contributed by atoms with E-state index in [2.05, 4.69) is 12.2 Å². The van der Waals surface area contributed by atoms with E-state index in [1.807, 2.05) is 0 Å². The molecule has 0 spiro atoms. The van der Waals surface area contributed by atoms with E-state index in [1.165, 1.54) is 51.4 Å². The molecule has 0 aromatic heterocycles. The quantitative estimate of drug-likeness (QED) is 0.458. The Morgan fingerprint density at radius 1 is 0.722 bits per heavy atom. The monoisotopic (exact) mass is 252 g/mol. The predicted octanol–water partition coefficient (Wildman–Crippen LogP) is 4.78. The second-order valence-electron chi connectivity index (χ2n) is 5.20. The van der Waals surface area contributed by atoms with Gasteiger partial charge < -0.3 is 4.74 Å². The van der Waals surface area contributed by atoms with E-state index in [0.717, 1.165) is 19.3 Å². The van der Waals surface area contributed by atoms with Crippen molar-refractivity contribution < 1.29 is 9.53 Å². The van der Waals surface area contributed by atoms with Crippen LogP contribution in [0.1, 0.15) is 77.0 Å². The second-order valence-corrected chi connectivity index (χ2v) is 5.20. The third-order valence-electron chi connectivity index (χ3n) is 3.45. The van der Waals surface area contributed by atoms with Crippen molar-refractivity contribution in [2.45, 2.75) is 77.0 Å². The van der Waals surface area contributed by atoms with Crippen molar-refractivity contribution in [1.82, 2.24) is 0 Å². The van der Waals surface area contributed by atoms with E-state index >= 15 is 0 Å². The van der Waals surface area contributed by atoms with Gasteiger partial charge in [0, 0.05) is 6.42 Å². The minimum atomic E-state index is -0.000729. The summed E-state index contributed by atoms with van der Waals surface area (Å²) in [6.07, 6.45) is 18.4. The van der Waals surface area contributed by atoms with Gasteiger partial charge in [0.05, 0.1) is 6.61 Å². The molecule has 0 radical (unpaired) electrons. The van der Waals surface area contributed by atoms with Crippen molar-refractivity contribution in [2.24, 2.45) is 0 Å². The van der Waals surface area contributed by atoms with E-state index in [4.69, 9.17) is 4.74 Å². The molecule has 0 aromatic carbocycles. The molecule has 0 atom stereocenters. The largest absolute Gasteiger partial charge is 0.466 e. The molecule has 2 nitrogen and oxygen atoms in total. The molecular weight excluding hydrogens is 224 g/mol. The summed E-state index contributed by atoms with van der Waals surface area (Å²) in [7, 11) is 0. The normalized spacial score (nSPS) is 23.9. The SMILES string of the molecule is O=C1CCCCCCCC/C=C/CCCCCO1. The predicted molar refractivity (Wildman–Crippen MR) is 75.5 cm³/mol. The Morgan fingerprint density at radius 2 is 1.28 bits per heavy atom. The molecule has 0 saturated heterocycles. The molecule has 1 aliphatic rings. The van der Waals surface area contributed by atoms with Crippen LogP contribution < -0.4 is 0 Å². The van der Waals surface area contributed by atoms with Crippen LogP contribution in [0.15, 0.2) is 12.2 Å². The standard InChI is InChI=1S/C16H28O2/c17-16-14-12-10-8-6-4-2-1-3-5-7-9-11-13-15-18-16/h3,5H,1-2,4,6-15H2/b5-3+. The molecule has 18 heavy (non-hydrogen) atoms. The van der Waals surface area contributed by atoms with Gasteiger partial charge >= 0.3 is 5.97 Å². The highest BCUT2D eigenvalue weighted by Gasteiger charge is 2.02. The third-order valence-corrected chi connectivity index (χ3v) is 3.45. The first kappa shape index (κ1) is 15.3. The van der Waals surface area contributed by atoms with Crippen LogP contribution in [-0.2, 0) is 9.53 Å². The fourth-order valence-electron chi connectivity index (χ4n) is 2.27. The number of cyclic esters (lactones) is 1. The first-order valence-electron chi connectivity index (χ1n) is 7.70. The third kappa shape index (κ3) is 9.26. The molecule has 104 valence electrons. The van der Waals surface area contributed by atoms with Crippen LogP contribution in [0.2, 0.25) is 0 Å². The number of carbonyl (C=O) groups is 1. The number of rotatable bonds is 0. The molecule has 0 amide bonds. The molecule has 0 unspecified atom stereocenters. The highest BCUT2D eigenvalue weighted by atomic mass is 16.5. The lowest BCUT2D eigenvalue weighted by Gasteiger charge is -2.04. The molecule has 0 saturated carbocycles. The Bertz CT molecular complexity index is 233. The fourth-order valence-corrected chi connectivity index (χ4v) is 2.27. The Morgan fingerprint density at radius 3 is 2.00 bits per heavy atom. The molecule has 1 rings (SSSR count). The van der Waals surface area contributed by atoms with Gasteiger partial charge in [0.1, 0.15) is 0 Å². The molecular formula is C16H28O2. The highest BCUT2D eigenvalue weighted by molar-refractivity contribution is 5.69. The number of hydrogen-bond acceptors (Lipinski definition) is 2. The molecule has 0 bridgehead atoms. The molecule has 0 aromatic rings. The van der Waals surface area contributed by atoms with Gasteiger partial charge in [0.2, 0.25) is 0 Å². The molecule has 0 N–H and O–H groups in total. The summed E-state index contributed by atoms with van der Waals surface area (Å²) in [4.78, 5) is 11.4. The van der Waals surface area contributed by atoms with Crippen LogP contribution in [0.25, 0.3) is 0 Å². The second kappa shape index (κ2) is 11.3. The fraction of sp³-hybridized carbons (Fsp3) is 0.812. The summed E-state index contributed by atoms with van der Waals surface area (Å²) in [6, 6.07) is 0. The number of ether oxygens (including phenoxy) is 1. The van der Waals surface area contributed by atoms with Crippen molar-refractivity contribution in [3.63, 3.8) is 0 Å². The summed E-state index contributed by atoms with van der Waals surface area (Å²) in [6.45, 7) is 0.614. The maximum Gasteiger partial charge on any atom is 0.305 e. The van der Waals surface area contributed by atoms with E-state index in [-0.39, 0.29) is 5.97 Å². The van der Waals surface area contributed by atoms with Crippen molar-refractivity contribution in [2.75, 3.05) is 6.61 Å². The molecule has 0 aliphatic carbocycles. The summed E-state index contributed by atoms with van der Waals surface area (Å²) < 4.78 is 5.21. The Labute approximate surface area is 112 Å². The maximum absolute atomic E-state index is 11.4. The zero-order valence-electron chi connectivity index (χ0n) is 11.7. The molecule has 0 fully saturated rings. The van der Waals surface area contributed by atoms with Gasteiger partial charge in [-0.1, -0.05) is 37.8 Å². The average Bonchev–Trinajstić information content (AvgIpc) is 2.37. The summed E-state index contributed by atoms with van der Waals surface area (Å²) in [5, 5.41) is 0. The lowest BCUT2D eigenvalue weighted by atomic mass is 10.1. The van der Waals surface area contributed by atoms with Gasteiger partial charge in [0.25, 0.3) is 0 Å². The van der Waals surface area contributed by atoms with Crippen LogP contribution in [0.5, 0.6) is 0 Å². The van der Waals surface area contributed by atoms with Gasteiger partial charge in [-0.3, -0.25) is 4.79 Å². The highest BCUT2D eigenvalue weighted by Crippen LogP contribution is 2.10. The van der Waals surface area contributed by atoms with Gasteiger partial charge in [-0.05, 0) is 44.9 Å².